The van der Waals surface area contributed by atoms with Crippen molar-refractivity contribution in [3.8, 4) is 23.0 Å². The molecule has 0 aliphatic carbocycles. The van der Waals surface area contributed by atoms with Gasteiger partial charge in [0.1, 0.15) is 23.0 Å². The first-order valence-corrected chi connectivity index (χ1v) is 10.0. The highest BCUT2D eigenvalue weighted by Gasteiger charge is 2.22. The van der Waals surface area contributed by atoms with Crippen molar-refractivity contribution in [3.05, 3.63) is 47.5 Å². The van der Waals surface area contributed by atoms with Crippen LogP contribution in [0.3, 0.4) is 0 Å². The molecule has 0 fully saturated rings. The van der Waals surface area contributed by atoms with E-state index in [9.17, 15) is 10.2 Å². The van der Waals surface area contributed by atoms with E-state index in [2.05, 4.69) is 6.92 Å². The Labute approximate surface area is 162 Å². The molecule has 0 saturated carbocycles. The monoisotopic (exact) mass is 372 g/mol. The molecule has 0 aliphatic rings. The lowest BCUT2D eigenvalue weighted by molar-refractivity contribution is 0.325. The number of hydrogen-bond donors (Lipinski definition) is 2. The number of hydrogen-bond acceptors (Lipinski definition) is 4. The summed E-state index contributed by atoms with van der Waals surface area (Å²) in [7, 11) is 0. The summed E-state index contributed by atoms with van der Waals surface area (Å²) in [6, 6.07) is 10.6. The van der Waals surface area contributed by atoms with E-state index in [1.807, 2.05) is 26.0 Å². The smallest absolute Gasteiger partial charge is 0.126 e. The predicted octanol–water partition coefficient (Wildman–Crippen LogP) is 6.00. The SMILES string of the molecule is CCCCCCC(c1ccc(O)cc1OCC)c1ccc(O)cc1OCC. The Morgan fingerprint density at radius 1 is 0.741 bits per heavy atom. The zero-order valence-electron chi connectivity index (χ0n) is 16.7. The second-order valence-corrected chi connectivity index (χ2v) is 6.71. The minimum Gasteiger partial charge on any atom is -0.508 e. The van der Waals surface area contributed by atoms with E-state index in [1.165, 1.54) is 19.3 Å². The van der Waals surface area contributed by atoms with Crippen LogP contribution in [0.2, 0.25) is 0 Å². The minimum atomic E-state index is 0.0751. The van der Waals surface area contributed by atoms with E-state index >= 15 is 0 Å². The third kappa shape index (κ3) is 5.81. The first kappa shape index (κ1) is 20.9. The maximum absolute atomic E-state index is 9.90. The number of phenolic OH excluding ortho intramolecular Hbond substituents is 2. The standard InChI is InChI=1S/C23H32O4/c1-4-7-8-9-10-19(20-13-11-17(24)15-22(20)26-5-2)21-14-12-18(25)16-23(21)27-6-3/h11-16,19,24-25H,4-10H2,1-3H3. The molecule has 0 amide bonds. The van der Waals surface area contributed by atoms with Gasteiger partial charge in [-0.25, -0.2) is 0 Å². The summed E-state index contributed by atoms with van der Waals surface area (Å²) in [6.07, 6.45) is 5.64. The topological polar surface area (TPSA) is 58.9 Å². The molecule has 148 valence electrons. The van der Waals surface area contributed by atoms with Gasteiger partial charge in [0.05, 0.1) is 13.2 Å². The fourth-order valence-corrected chi connectivity index (χ4v) is 3.44. The maximum atomic E-state index is 9.90. The quantitative estimate of drug-likeness (QED) is 0.475. The van der Waals surface area contributed by atoms with Crippen LogP contribution in [0.5, 0.6) is 23.0 Å². The van der Waals surface area contributed by atoms with E-state index in [0.29, 0.717) is 24.7 Å². The zero-order valence-corrected chi connectivity index (χ0v) is 16.7. The normalized spacial score (nSPS) is 11.0. The van der Waals surface area contributed by atoms with E-state index in [1.54, 1.807) is 24.3 Å². The number of rotatable bonds is 11. The van der Waals surface area contributed by atoms with Gasteiger partial charge in [-0.3, -0.25) is 0 Å². The fourth-order valence-electron chi connectivity index (χ4n) is 3.44. The zero-order chi connectivity index (χ0) is 19.6. The Hall–Kier alpha value is -2.36. The number of ether oxygens (including phenoxy) is 2. The van der Waals surface area contributed by atoms with Crippen molar-refractivity contribution in [2.24, 2.45) is 0 Å². The molecule has 0 heterocycles. The molecule has 2 rings (SSSR count). The Morgan fingerprint density at radius 2 is 1.26 bits per heavy atom. The number of phenols is 2. The molecular weight excluding hydrogens is 340 g/mol. The molecule has 2 aromatic carbocycles. The maximum Gasteiger partial charge on any atom is 0.126 e. The van der Waals surface area contributed by atoms with Crippen LogP contribution in [0.25, 0.3) is 0 Å². The lowest BCUT2D eigenvalue weighted by Gasteiger charge is -2.23. The summed E-state index contributed by atoms with van der Waals surface area (Å²) in [5, 5.41) is 19.8. The molecule has 4 heteroatoms. The minimum absolute atomic E-state index is 0.0751. The number of aromatic hydroxyl groups is 2. The second-order valence-electron chi connectivity index (χ2n) is 6.71. The van der Waals surface area contributed by atoms with Gasteiger partial charge in [-0.05, 0) is 32.4 Å². The summed E-state index contributed by atoms with van der Waals surface area (Å²) < 4.78 is 11.6. The molecule has 0 aliphatic heterocycles. The molecule has 0 atom stereocenters. The summed E-state index contributed by atoms with van der Waals surface area (Å²) in [5.74, 6) is 1.87. The fraction of sp³-hybridized carbons (Fsp3) is 0.478. The van der Waals surface area contributed by atoms with Crippen LogP contribution in [0, 0.1) is 0 Å². The summed E-state index contributed by atoms with van der Waals surface area (Å²) in [5.41, 5.74) is 2.08. The van der Waals surface area contributed by atoms with Crippen molar-refractivity contribution >= 4 is 0 Å². The number of unbranched alkanes of at least 4 members (excludes halogenated alkanes) is 3. The Bertz CT molecular complexity index is 656. The van der Waals surface area contributed by atoms with Crippen molar-refractivity contribution in [1.29, 1.82) is 0 Å². The van der Waals surface area contributed by atoms with Crippen LogP contribution in [0.4, 0.5) is 0 Å². The molecule has 0 radical (unpaired) electrons. The lowest BCUT2D eigenvalue weighted by Crippen LogP contribution is -2.08. The van der Waals surface area contributed by atoms with Crippen molar-refractivity contribution in [2.75, 3.05) is 13.2 Å². The highest BCUT2D eigenvalue weighted by Crippen LogP contribution is 2.42. The largest absolute Gasteiger partial charge is 0.508 e. The third-order valence-electron chi connectivity index (χ3n) is 4.69. The van der Waals surface area contributed by atoms with Crippen molar-refractivity contribution in [2.45, 2.75) is 58.8 Å². The molecule has 27 heavy (non-hydrogen) atoms. The number of benzene rings is 2. The van der Waals surface area contributed by atoms with Crippen LogP contribution >= 0.6 is 0 Å². The average molecular weight is 373 g/mol. The van der Waals surface area contributed by atoms with Crippen molar-refractivity contribution < 1.29 is 19.7 Å². The van der Waals surface area contributed by atoms with Gasteiger partial charge < -0.3 is 19.7 Å². The molecule has 2 aromatic rings. The van der Waals surface area contributed by atoms with Crippen LogP contribution in [-0.4, -0.2) is 23.4 Å². The van der Waals surface area contributed by atoms with Gasteiger partial charge in [-0.2, -0.15) is 0 Å². The highest BCUT2D eigenvalue weighted by molar-refractivity contribution is 5.51. The highest BCUT2D eigenvalue weighted by atomic mass is 16.5. The van der Waals surface area contributed by atoms with E-state index in [-0.39, 0.29) is 17.4 Å². The average Bonchev–Trinajstić information content (AvgIpc) is 2.64. The Kier molecular flexibility index (Phi) is 8.31. The summed E-state index contributed by atoms with van der Waals surface area (Å²) >= 11 is 0. The van der Waals surface area contributed by atoms with E-state index < -0.39 is 0 Å². The molecule has 0 aromatic heterocycles. The Morgan fingerprint density at radius 3 is 1.70 bits per heavy atom. The summed E-state index contributed by atoms with van der Waals surface area (Å²) in [4.78, 5) is 0. The van der Waals surface area contributed by atoms with Crippen LogP contribution in [0.15, 0.2) is 36.4 Å². The first-order valence-electron chi connectivity index (χ1n) is 10.0. The van der Waals surface area contributed by atoms with Gasteiger partial charge in [-0.15, -0.1) is 0 Å². The lowest BCUT2D eigenvalue weighted by atomic mass is 9.85. The second kappa shape index (κ2) is 10.7. The molecule has 2 N–H and O–H groups in total. The van der Waals surface area contributed by atoms with E-state index in [0.717, 1.165) is 24.0 Å². The molecular formula is C23H32O4. The molecule has 0 unspecified atom stereocenters. The van der Waals surface area contributed by atoms with Gasteiger partial charge in [0.2, 0.25) is 0 Å². The van der Waals surface area contributed by atoms with Crippen LogP contribution in [-0.2, 0) is 0 Å². The summed E-state index contributed by atoms with van der Waals surface area (Å²) in [6.45, 7) is 7.16. The van der Waals surface area contributed by atoms with Crippen LogP contribution < -0.4 is 9.47 Å². The predicted molar refractivity (Wildman–Crippen MR) is 109 cm³/mol. The van der Waals surface area contributed by atoms with E-state index in [4.69, 9.17) is 9.47 Å². The molecule has 0 saturated heterocycles. The van der Waals surface area contributed by atoms with Crippen molar-refractivity contribution in [1.82, 2.24) is 0 Å². The molecule has 0 bridgehead atoms. The van der Waals surface area contributed by atoms with Gasteiger partial charge >= 0.3 is 0 Å². The van der Waals surface area contributed by atoms with Crippen LogP contribution in [0.1, 0.15) is 69.9 Å². The van der Waals surface area contributed by atoms with Gasteiger partial charge in [0.25, 0.3) is 0 Å². The molecule has 4 nitrogen and oxygen atoms in total. The van der Waals surface area contributed by atoms with Crippen molar-refractivity contribution in [3.63, 3.8) is 0 Å². The first-order chi connectivity index (χ1) is 13.1. The third-order valence-corrected chi connectivity index (χ3v) is 4.69. The van der Waals surface area contributed by atoms with Gasteiger partial charge in [0.15, 0.2) is 0 Å². The Balaban J connectivity index is 2.46. The molecule has 0 spiro atoms. The van der Waals surface area contributed by atoms with Gasteiger partial charge in [-0.1, -0.05) is 44.7 Å². The van der Waals surface area contributed by atoms with Gasteiger partial charge in [0, 0.05) is 29.2 Å².